The highest BCUT2D eigenvalue weighted by atomic mass is 15.2. The highest BCUT2D eigenvalue weighted by Gasteiger charge is 2.45. The zero-order valence-corrected chi connectivity index (χ0v) is 13.4. The molecular weight excluding hydrogens is 254 g/mol. The molecule has 5 unspecified atom stereocenters. The van der Waals surface area contributed by atoms with Gasteiger partial charge in [-0.25, -0.2) is 0 Å². The van der Waals surface area contributed by atoms with Gasteiger partial charge in [-0.1, -0.05) is 43.7 Å². The van der Waals surface area contributed by atoms with Crippen LogP contribution in [0.3, 0.4) is 0 Å². The summed E-state index contributed by atoms with van der Waals surface area (Å²) < 4.78 is 0. The SMILES string of the molecule is CCC1CC2CC3C=C(c4ccccc4C)CCN(C2)C31. The molecule has 4 aliphatic rings. The van der Waals surface area contributed by atoms with Crippen LogP contribution in [0.25, 0.3) is 5.57 Å². The topological polar surface area (TPSA) is 3.24 Å². The van der Waals surface area contributed by atoms with Gasteiger partial charge < -0.3 is 0 Å². The van der Waals surface area contributed by atoms with Gasteiger partial charge in [0.2, 0.25) is 0 Å². The van der Waals surface area contributed by atoms with Crippen molar-refractivity contribution in [3.05, 3.63) is 41.5 Å². The second-order valence-electron chi connectivity index (χ2n) is 7.41. The van der Waals surface area contributed by atoms with Gasteiger partial charge in [-0.15, -0.1) is 0 Å². The van der Waals surface area contributed by atoms with Gasteiger partial charge in [0.25, 0.3) is 0 Å². The van der Waals surface area contributed by atoms with Gasteiger partial charge in [0.1, 0.15) is 0 Å². The average molecular weight is 281 g/mol. The maximum atomic E-state index is 2.83. The maximum absolute atomic E-state index is 2.83. The molecule has 112 valence electrons. The zero-order chi connectivity index (χ0) is 14.4. The average Bonchev–Trinajstić information content (AvgIpc) is 2.64. The minimum atomic E-state index is 0.805. The maximum Gasteiger partial charge on any atom is 0.0187 e. The molecule has 2 saturated heterocycles. The fraction of sp³-hybridized carbons (Fsp3) is 0.600. The molecule has 1 aliphatic carbocycles. The van der Waals surface area contributed by atoms with Crippen LogP contribution in [0.4, 0.5) is 0 Å². The zero-order valence-electron chi connectivity index (χ0n) is 13.4. The molecule has 1 nitrogen and oxygen atoms in total. The Morgan fingerprint density at radius 3 is 2.86 bits per heavy atom. The van der Waals surface area contributed by atoms with E-state index in [1.165, 1.54) is 49.9 Å². The highest BCUT2D eigenvalue weighted by Crippen LogP contribution is 2.47. The summed E-state index contributed by atoms with van der Waals surface area (Å²) in [5, 5.41) is 0. The largest absolute Gasteiger partial charge is 0.299 e. The molecule has 1 aromatic carbocycles. The minimum absolute atomic E-state index is 0.805. The van der Waals surface area contributed by atoms with Crippen molar-refractivity contribution in [2.75, 3.05) is 13.1 Å². The Kier molecular flexibility index (Phi) is 3.41. The predicted molar refractivity (Wildman–Crippen MR) is 89.1 cm³/mol. The number of nitrogens with zero attached hydrogens (tertiary/aromatic N) is 1. The first-order valence-electron chi connectivity index (χ1n) is 8.77. The Hall–Kier alpha value is -1.08. The smallest absolute Gasteiger partial charge is 0.0187 e. The number of hydrogen-bond donors (Lipinski definition) is 0. The van der Waals surface area contributed by atoms with Gasteiger partial charge in [0, 0.05) is 19.1 Å². The molecule has 5 atom stereocenters. The molecule has 4 bridgehead atoms. The molecule has 0 aromatic heterocycles. The molecule has 1 aromatic rings. The molecule has 1 saturated carbocycles. The van der Waals surface area contributed by atoms with E-state index in [2.05, 4.69) is 49.1 Å². The van der Waals surface area contributed by atoms with Gasteiger partial charge in [0.15, 0.2) is 0 Å². The monoisotopic (exact) mass is 281 g/mol. The first-order chi connectivity index (χ1) is 10.3. The summed E-state index contributed by atoms with van der Waals surface area (Å²) in [5.41, 5.74) is 4.55. The van der Waals surface area contributed by atoms with E-state index < -0.39 is 0 Å². The molecular formula is C20H27N. The van der Waals surface area contributed by atoms with Crippen LogP contribution in [0.5, 0.6) is 0 Å². The quantitative estimate of drug-likeness (QED) is 0.770. The summed E-state index contributed by atoms with van der Waals surface area (Å²) in [6.45, 7) is 7.29. The molecule has 21 heavy (non-hydrogen) atoms. The molecule has 3 aliphatic heterocycles. The molecule has 3 fully saturated rings. The number of fused-ring (bicyclic) bond motifs is 1. The van der Waals surface area contributed by atoms with E-state index in [9.17, 15) is 0 Å². The van der Waals surface area contributed by atoms with E-state index in [0.717, 1.165) is 23.8 Å². The molecule has 5 rings (SSSR count). The lowest BCUT2D eigenvalue weighted by atomic mass is 9.66. The van der Waals surface area contributed by atoms with Crippen molar-refractivity contribution in [1.29, 1.82) is 0 Å². The molecule has 0 amide bonds. The van der Waals surface area contributed by atoms with Crippen molar-refractivity contribution < 1.29 is 0 Å². The number of rotatable bonds is 2. The summed E-state index contributed by atoms with van der Waals surface area (Å²) >= 11 is 0. The molecule has 1 heteroatoms. The first kappa shape index (κ1) is 13.6. The van der Waals surface area contributed by atoms with Gasteiger partial charge in [-0.2, -0.15) is 0 Å². The fourth-order valence-electron chi connectivity index (χ4n) is 5.29. The normalized spacial score (nSPS) is 38.0. The van der Waals surface area contributed by atoms with Gasteiger partial charge in [-0.3, -0.25) is 4.90 Å². The highest BCUT2D eigenvalue weighted by molar-refractivity contribution is 5.69. The molecule has 0 N–H and O–H groups in total. The summed E-state index contributed by atoms with van der Waals surface area (Å²) in [4.78, 5) is 2.83. The van der Waals surface area contributed by atoms with Gasteiger partial charge >= 0.3 is 0 Å². The predicted octanol–water partition coefficient (Wildman–Crippen LogP) is 4.52. The second-order valence-corrected chi connectivity index (χ2v) is 7.41. The molecule has 0 radical (unpaired) electrons. The van der Waals surface area contributed by atoms with Crippen LogP contribution in [-0.4, -0.2) is 24.0 Å². The lowest BCUT2D eigenvalue weighted by molar-refractivity contribution is -0.0235. The Morgan fingerprint density at radius 1 is 1.19 bits per heavy atom. The third-order valence-electron chi connectivity index (χ3n) is 6.18. The third-order valence-corrected chi connectivity index (χ3v) is 6.18. The van der Waals surface area contributed by atoms with Crippen LogP contribution in [0.2, 0.25) is 0 Å². The number of benzene rings is 1. The second kappa shape index (κ2) is 5.28. The molecule has 3 heterocycles. The van der Waals surface area contributed by atoms with E-state index in [-0.39, 0.29) is 0 Å². The van der Waals surface area contributed by atoms with Crippen molar-refractivity contribution in [2.45, 2.75) is 45.6 Å². The van der Waals surface area contributed by atoms with Crippen molar-refractivity contribution in [3.63, 3.8) is 0 Å². The van der Waals surface area contributed by atoms with E-state index >= 15 is 0 Å². The van der Waals surface area contributed by atoms with Gasteiger partial charge in [-0.05, 0) is 60.6 Å². The summed E-state index contributed by atoms with van der Waals surface area (Å²) in [6, 6.07) is 9.77. The lowest BCUT2D eigenvalue weighted by Gasteiger charge is -2.53. The number of hydrogen-bond acceptors (Lipinski definition) is 1. The van der Waals surface area contributed by atoms with Crippen molar-refractivity contribution >= 4 is 5.57 Å². The van der Waals surface area contributed by atoms with Crippen molar-refractivity contribution in [2.24, 2.45) is 17.8 Å². The summed E-state index contributed by atoms with van der Waals surface area (Å²) in [6.07, 6.45) is 8.19. The third kappa shape index (κ3) is 2.26. The van der Waals surface area contributed by atoms with Gasteiger partial charge in [0.05, 0.1) is 0 Å². The Labute approximate surface area is 129 Å². The van der Waals surface area contributed by atoms with Crippen LogP contribution in [0, 0.1) is 24.7 Å². The van der Waals surface area contributed by atoms with Crippen LogP contribution in [0.1, 0.15) is 43.7 Å². The number of piperidine rings is 2. The van der Waals surface area contributed by atoms with E-state index in [1.807, 2.05) is 0 Å². The summed E-state index contributed by atoms with van der Waals surface area (Å²) in [5.74, 6) is 2.70. The first-order valence-corrected chi connectivity index (χ1v) is 8.77. The van der Waals surface area contributed by atoms with Crippen molar-refractivity contribution in [3.8, 4) is 0 Å². The lowest BCUT2D eigenvalue weighted by Crippen LogP contribution is -2.56. The van der Waals surface area contributed by atoms with Crippen LogP contribution in [-0.2, 0) is 0 Å². The van der Waals surface area contributed by atoms with Crippen LogP contribution < -0.4 is 0 Å². The standard InChI is InChI=1S/C20H27N/c1-3-16-10-15-11-18-12-17(8-9-21(13-15)20(16)18)19-7-5-4-6-14(19)2/h4-7,12,15-16,18,20H,3,8-11,13H2,1-2H3. The van der Waals surface area contributed by atoms with E-state index in [4.69, 9.17) is 0 Å². The molecule has 0 spiro atoms. The van der Waals surface area contributed by atoms with E-state index in [1.54, 1.807) is 5.57 Å². The van der Waals surface area contributed by atoms with Crippen LogP contribution >= 0.6 is 0 Å². The minimum Gasteiger partial charge on any atom is -0.299 e. The van der Waals surface area contributed by atoms with E-state index in [0.29, 0.717) is 0 Å². The fourth-order valence-corrected chi connectivity index (χ4v) is 5.29. The Bertz CT molecular complexity index is 559. The van der Waals surface area contributed by atoms with Crippen molar-refractivity contribution in [1.82, 2.24) is 4.90 Å². The number of aryl methyl sites for hydroxylation is 1. The Balaban J connectivity index is 1.70. The summed E-state index contributed by atoms with van der Waals surface area (Å²) in [7, 11) is 0. The Morgan fingerprint density at radius 2 is 2.05 bits per heavy atom. The van der Waals surface area contributed by atoms with Crippen LogP contribution in [0.15, 0.2) is 30.3 Å².